The molecule has 0 spiro atoms. The molecule has 0 radical (unpaired) electrons. The Bertz CT molecular complexity index is 1860. The van der Waals surface area contributed by atoms with Crippen molar-refractivity contribution in [3.8, 4) is 0 Å². The van der Waals surface area contributed by atoms with Crippen LogP contribution in [0.2, 0.25) is 0 Å². The Labute approximate surface area is 497 Å². The van der Waals surface area contributed by atoms with Crippen molar-refractivity contribution in [3.63, 3.8) is 0 Å². The Morgan fingerprint density at radius 1 is 0.451 bits per heavy atom. The van der Waals surface area contributed by atoms with Crippen LogP contribution in [0.4, 0.5) is 0 Å². The first-order valence-electron chi connectivity index (χ1n) is 32.9. The van der Waals surface area contributed by atoms with Crippen LogP contribution in [-0.4, -0.2) is 114 Å². The van der Waals surface area contributed by atoms with Crippen molar-refractivity contribution in [2.45, 2.75) is 336 Å². The van der Waals surface area contributed by atoms with Crippen molar-refractivity contribution in [3.05, 3.63) is 0 Å². The van der Waals surface area contributed by atoms with E-state index < -0.39 is 101 Å². The monoisotopic (exact) mass is 1160 g/mol. The van der Waals surface area contributed by atoms with E-state index in [0.29, 0.717) is 32.1 Å². The number of nitrogens with zero attached hydrogens (tertiary/aromatic N) is 1. The highest BCUT2D eigenvalue weighted by atomic mass is 16.5. The van der Waals surface area contributed by atoms with E-state index in [0.717, 1.165) is 77.0 Å². The van der Waals surface area contributed by atoms with Crippen LogP contribution in [-0.2, 0) is 47.9 Å². The summed E-state index contributed by atoms with van der Waals surface area (Å²) in [6.07, 6.45) is 34.0. The molecule has 3 unspecified atom stereocenters. The summed E-state index contributed by atoms with van der Waals surface area (Å²) < 4.78 is 4.88. The summed E-state index contributed by atoms with van der Waals surface area (Å²) in [5, 5.41) is 16.9. The van der Waals surface area contributed by atoms with Crippen LogP contribution in [0.15, 0.2) is 0 Å². The third kappa shape index (κ3) is 32.5. The highest BCUT2D eigenvalue weighted by molar-refractivity contribution is 6.38. The molecule has 17 heteroatoms. The van der Waals surface area contributed by atoms with Gasteiger partial charge in [0.05, 0.1) is 7.11 Å². The molecule has 474 valence electrons. The standard InChI is InChI=1S/C65H119N7O10/c1-12-15-18-21-24-27-30-33-36-39-43-51(58(75)66-49(6)57(74)67-50(7)63(80)72-47-42-46-54(72)61(78)71-55(48(4)5)64(81)82-11)68-59(76)52(44-40-37-34-31-28-25-22-19-16-13-2)69-60(77)53(70-62(79)56(73)65(8,9)10)45-41-38-35-32-29-26-23-20-17-14-3/h48-55H,12-47H2,1-11H3,(H,66,75)(H,67,74)(H,68,76)(H,69,77)(H,70,79)(H,71,78)/t49-,50-,51?,52?,53?,54-,55-/m0/s1. The summed E-state index contributed by atoms with van der Waals surface area (Å²) in [4.78, 5) is 125. The molecular weight excluding hydrogens is 1040 g/mol. The molecule has 0 aliphatic carbocycles. The number of nitrogens with one attached hydrogen (secondary N) is 6. The fourth-order valence-corrected chi connectivity index (χ4v) is 10.6. The van der Waals surface area contributed by atoms with Crippen LogP contribution in [0, 0.1) is 11.3 Å². The summed E-state index contributed by atoms with van der Waals surface area (Å²) >= 11 is 0. The topological polar surface area (TPSA) is 238 Å². The number of carbonyl (C=O) groups is 9. The van der Waals surface area contributed by atoms with Crippen molar-refractivity contribution in [1.82, 2.24) is 36.8 Å². The molecule has 0 aromatic rings. The second-order valence-electron chi connectivity index (χ2n) is 25.0. The first-order valence-corrected chi connectivity index (χ1v) is 32.9. The van der Waals surface area contributed by atoms with Gasteiger partial charge >= 0.3 is 5.97 Å². The first-order chi connectivity index (χ1) is 39.1. The maximum absolute atomic E-state index is 14.7. The van der Waals surface area contributed by atoms with E-state index in [1.165, 1.54) is 122 Å². The molecule has 7 atom stereocenters. The Morgan fingerprint density at radius 2 is 0.793 bits per heavy atom. The lowest BCUT2D eigenvalue weighted by atomic mass is 9.90. The SMILES string of the molecule is CCCCCCCCCCCCC(NC(=O)C(=O)C(C)(C)C)C(=O)NC(CCCCCCCCCCCC)C(=O)NC(CCCCCCCCCCCC)C(=O)N[C@@H](C)C(=O)N[C@@H](C)C(=O)N1CCC[C@H]1C(=O)N[C@H](C(=O)OC)C(C)C. The second-order valence-corrected chi connectivity index (χ2v) is 25.0. The smallest absolute Gasteiger partial charge is 0.328 e. The van der Waals surface area contributed by atoms with Crippen LogP contribution in [0.5, 0.6) is 0 Å². The molecule has 0 aromatic heterocycles. The number of carbonyl (C=O) groups excluding carboxylic acids is 9. The van der Waals surface area contributed by atoms with Gasteiger partial charge in [-0.3, -0.25) is 38.4 Å². The third-order valence-electron chi connectivity index (χ3n) is 16.1. The molecule has 1 fully saturated rings. The number of methoxy groups -OCH3 is 1. The third-order valence-corrected chi connectivity index (χ3v) is 16.1. The van der Waals surface area contributed by atoms with Crippen molar-refractivity contribution in [2.24, 2.45) is 11.3 Å². The fourth-order valence-electron chi connectivity index (χ4n) is 10.6. The number of unbranched alkanes of at least 4 members (excludes halogenated alkanes) is 27. The molecule has 7 amide bonds. The second kappa shape index (κ2) is 44.9. The molecule has 6 N–H and O–H groups in total. The van der Waals surface area contributed by atoms with E-state index in [2.05, 4.69) is 52.7 Å². The lowest BCUT2D eigenvalue weighted by molar-refractivity contribution is -0.148. The maximum Gasteiger partial charge on any atom is 0.328 e. The Balaban J connectivity index is 3.39. The summed E-state index contributed by atoms with van der Waals surface area (Å²) in [6, 6.07) is -7.14. The fraction of sp³-hybridized carbons (Fsp3) is 0.862. The zero-order valence-electron chi connectivity index (χ0n) is 53.6. The minimum Gasteiger partial charge on any atom is -0.467 e. The van der Waals surface area contributed by atoms with Gasteiger partial charge in [0.2, 0.25) is 41.2 Å². The van der Waals surface area contributed by atoms with E-state index in [1.54, 1.807) is 34.6 Å². The van der Waals surface area contributed by atoms with E-state index in [9.17, 15) is 43.2 Å². The number of amides is 7. The van der Waals surface area contributed by atoms with Crippen LogP contribution in [0.1, 0.15) is 294 Å². The Kier molecular flexibility index (Phi) is 41.3. The van der Waals surface area contributed by atoms with Crippen LogP contribution < -0.4 is 31.9 Å². The van der Waals surface area contributed by atoms with Gasteiger partial charge in [-0.25, -0.2) is 4.79 Å². The molecule has 1 heterocycles. The molecule has 0 bridgehead atoms. The number of rotatable bonds is 48. The molecule has 17 nitrogen and oxygen atoms in total. The zero-order valence-corrected chi connectivity index (χ0v) is 53.6. The number of hydrogen-bond acceptors (Lipinski definition) is 10. The lowest BCUT2D eigenvalue weighted by Gasteiger charge is -2.29. The molecule has 82 heavy (non-hydrogen) atoms. The van der Waals surface area contributed by atoms with Crippen molar-refractivity contribution < 1.29 is 47.9 Å². The van der Waals surface area contributed by atoms with Gasteiger partial charge in [0.25, 0.3) is 5.91 Å². The van der Waals surface area contributed by atoms with Crippen molar-refractivity contribution >= 4 is 53.1 Å². The van der Waals surface area contributed by atoms with E-state index in [-0.39, 0.29) is 31.7 Å². The normalized spacial score (nSPS) is 15.6. The maximum atomic E-state index is 14.7. The molecule has 1 aliphatic rings. The van der Waals surface area contributed by atoms with Gasteiger partial charge < -0.3 is 41.5 Å². The molecule has 0 aromatic carbocycles. The largest absolute Gasteiger partial charge is 0.467 e. The van der Waals surface area contributed by atoms with Crippen LogP contribution >= 0.6 is 0 Å². The predicted molar refractivity (Wildman–Crippen MR) is 328 cm³/mol. The van der Waals surface area contributed by atoms with Crippen molar-refractivity contribution in [1.29, 1.82) is 0 Å². The minimum absolute atomic E-state index is 0.258. The quantitative estimate of drug-likeness (QED) is 0.0191. The van der Waals surface area contributed by atoms with Gasteiger partial charge in [0.1, 0.15) is 42.3 Å². The number of Topliss-reactive ketones (excluding diaryl/α,β-unsaturated/α-hetero) is 1. The summed E-state index contributed by atoms with van der Waals surface area (Å²) in [5.74, 6) is -5.67. The molecule has 1 saturated heterocycles. The number of ketones is 1. The lowest BCUT2D eigenvalue weighted by Crippen LogP contribution is -2.59. The van der Waals surface area contributed by atoms with Gasteiger partial charge in [-0.15, -0.1) is 0 Å². The highest BCUT2D eigenvalue weighted by Gasteiger charge is 2.39. The van der Waals surface area contributed by atoms with Crippen LogP contribution in [0.25, 0.3) is 0 Å². The Morgan fingerprint density at radius 3 is 1.15 bits per heavy atom. The van der Waals surface area contributed by atoms with E-state index >= 15 is 0 Å². The molecular formula is C65H119N7O10. The van der Waals surface area contributed by atoms with Gasteiger partial charge in [-0.05, 0) is 51.9 Å². The van der Waals surface area contributed by atoms with Gasteiger partial charge in [-0.1, -0.05) is 248 Å². The Hall–Kier alpha value is -4.57. The summed E-state index contributed by atoms with van der Waals surface area (Å²) in [6.45, 7) is 18.4. The van der Waals surface area contributed by atoms with E-state index in [1.807, 2.05) is 0 Å². The van der Waals surface area contributed by atoms with Crippen molar-refractivity contribution in [2.75, 3.05) is 13.7 Å². The number of esters is 1. The molecule has 0 saturated carbocycles. The highest BCUT2D eigenvalue weighted by Crippen LogP contribution is 2.21. The molecule has 1 rings (SSSR count). The predicted octanol–water partition coefficient (Wildman–Crippen LogP) is 11.3. The average Bonchev–Trinajstić information content (AvgIpc) is 3.99. The first kappa shape index (κ1) is 75.4. The zero-order chi connectivity index (χ0) is 61.3. The number of ether oxygens (including phenoxy) is 1. The summed E-state index contributed by atoms with van der Waals surface area (Å²) in [7, 11) is 1.25. The average molecular weight is 1160 g/mol. The van der Waals surface area contributed by atoms with Gasteiger partial charge in [0, 0.05) is 12.0 Å². The van der Waals surface area contributed by atoms with E-state index in [4.69, 9.17) is 4.74 Å². The minimum atomic E-state index is -1.13. The molecule has 1 aliphatic heterocycles. The van der Waals surface area contributed by atoms with Gasteiger partial charge in [-0.2, -0.15) is 0 Å². The number of hydrogen-bond donors (Lipinski definition) is 6. The van der Waals surface area contributed by atoms with Crippen LogP contribution in [0.3, 0.4) is 0 Å². The number of likely N-dealkylation sites (tertiary alicyclic amines) is 1. The summed E-state index contributed by atoms with van der Waals surface area (Å²) in [5.41, 5.74) is -0.971. The van der Waals surface area contributed by atoms with Gasteiger partial charge in [0.15, 0.2) is 0 Å².